The molecule has 0 spiro atoms. The van der Waals surface area contributed by atoms with Crippen LogP contribution < -0.4 is 10.2 Å². The summed E-state index contributed by atoms with van der Waals surface area (Å²) in [5.74, 6) is 0.476. The quantitative estimate of drug-likeness (QED) is 0.548. The normalized spacial score (nSPS) is 14.8. The van der Waals surface area contributed by atoms with E-state index in [9.17, 15) is 9.59 Å². The standard InChI is InChI=1S/C21H29N7O2/c1-25(2)19(29)14-23-21(22-10-9-17-7-5-4-6-8-17)27-11-12-28(20(30)16-27)18-13-24-26(3)15-18/h4-8,13,15H,9-12,14,16H2,1-3H3,(H,22,23). The third-order valence-corrected chi connectivity index (χ3v) is 4.93. The largest absolute Gasteiger partial charge is 0.356 e. The summed E-state index contributed by atoms with van der Waals surface area (Å²) in [7, 11) is 5.24. The summed E-state index contributed by atoms with van der Waals surface area (Å²) < 4.78 is 1.68. The van der Waals surface area contributed by atoms with Crippen molar-refractivity contribution in [2.75, 3.05) is 51.7 Å². The maximum Gasteiger partial charge on any atom is 0.246 e. The fraction of sp³-hybridized carbons (Fsp3) is 0.429. The lowest BCUT2D eigenvalue weighted by molar-refractivity contribution is -0.127. The van der Waals surface area contributed by atoms with Crippen LogP contribution in [-0.2, 0) is 23.1 Å². The highest BCUT2D eigenvalue weighted by atomic mass is 16.2. The number of hydrogen-bond acceptors (Lipinski definition) is 4. The van der Waals surface area contributed by atoms with Crippen LogP contribution in [0.15, 0.2) is 47.7 Å². The highest BCUT2D eigenvalue weighted by molar-refractivity contribution is 5.98. The van der Waals surface area contributed by atoms with Gasteiger partial charge in [0.25, 0.3) is 0 Å². The van der Waals surface area contributed by atoms with Gasteiger partial charge in [0, 0.05) is 47.0 Å². The van der Waals surface area contributed by atoms with Gasteiger partial charge in [-0.2, -0.15) is 5.10 Å². The van der Waals surface area contributed by atoms with Crippen molar-refractivity contribution in [3.05, 3.63) is 48.3 Å². The molecular formula is C21H29N7O2. The number of nitrogens with one attached hydrogen (secondary N) is 1. The summed E-state index contributed by atoms with van der Waals surface area (Å²) in [5, 5.41) is 7.48. The Morgan fingerprint density at radius 1 is 1.23 bits per heavy atom. The monoisotopic (exact) mass is 411 g/mol. The Kier molecular flexibility index (Phi) is 7.05. The zero-order valence-corrected chi connectivity index (χ0v) is 17.8. The third kappa shape index (κ3) is 5.59. The predicted octanol–water partition coefficient (Wildman–Crippen LogP) is 0.345. The van der Waals surface area contributed by atoms with Gasteiger partial charge in [-0.25, -0.2) is 4.99 Å². The van der Waals surface area contributed by atoms with E-state index in [-0.39, 0.29) is 24.9 Å². The van der Waals surface area contributed by atoms with Crippen LogP contribution in [0.2, 0.25) is 0 Å². The molecule has 1 aromatic heterocycles. The molecule has 1 fully saturated rings. The van der Waals surface area contributed by atoms with Crippen molar-refractivity contribution in [2.24, 2.45) is 12.0 Å². The number of carbonyl (C=O) groups is 2. The van der Waals surface area contributed by atoms with Gasteiger partial charge < -0.3 is 20.0 Å². The van der Waals surface area contributed by atoms with E-state index in [0.717, 1.165) is 12.1 Å². The number of aliphatic imine (C=N–C) groups is 1. The minimum absolute atomic E-state index is 0.0225. The number of rotatable bonds is 6. The van der Waals surface area contributed by atoms with Gasteiger partial charge in [-0.1, -0.05) is 30.3 Å². The van der Waals surface area contributed by atoms with Crippen LogP contribution in [-0.4, -0.2) is 84.2 Å². The highest BCUT2D eigenvalue weighted by Gasteiger charge is 2.27. The molecule has 3 rings (SSSR count). The highest BCUT2D eigenvalue weighted by Crippen LogP contribution is 2.16. The first-order valence-corrected chi connectivity index (χ1v) is 10.0. The van der Waals surface area contributed by atoms with Crippen molar-refractivity contribution in [1.82, 2.24) is 24.9 Å². The molecule has 2 amide bonds. The number of guanidine groups is 1. The van der Waals surface area contributed by atoms with Crippen LogP contribution in [0.4, 0.5) is 5.69 Å². The van der Waals surface area contributed by atoms with Crippen LogP contribution in [0.1, 0.15) is 5.56 Å². The molecule has 0 saturated carbocycles. The lowest BCUT2D eigenvalue weighted by Gasteiger charge is -2.35. The molecule has 2 heterocycles. The first-order chi connectivity index (χ1) is 14.4. The number of anilines is 1. The minimum atomic E-state index is -0.0855. The SMILES string of the molecule is CN(C)C(=O)CN=C(NCCc1ccccc1)N1CCN(c2cnn(C)c2)C(=O)C1. The molecule has 30 heavy (non-hydrogen) atoms. The number of carbonyl (C=O) groups excluding carboxylic acids is 2. The van der Waals surface area contributed by atoms with E-state index >= 15 is 0 Å². The van der Waals surface area contributed by atoms with Crippen LogP contribution in [0.3, 0.4) is 0 Å². The molecule has 9 nitrogen and oxygen atoms in total. The van der Waals surface area contributed by atoms with E-state index in [1.54, 1.807) is 29.9 Å². The Morgan fingerprint density at radius 2 is 2.00 bits per heavy atom. The number of hydrogen-bond donors (Lipinski definition) is 1. The molecule has 1 aromatic carbocycles. The number of likely N-dealkylation sites (N-methyl/N-ethyl adjacent to an activating group) is 1. The molecular weight excluding hydrogens is 382 g/mol. The van der Waals surface area contributed by atoms with Gasteiger partial charge in [-0.15, -0.1) is 0 Å². The van der Waals surface area contributed by atoms with Crippen molar-refractivity contribution in [3.63, 3.8) is 0 Å². The molecule has 1 saturated heterocycles. The Labute approximate surface area is 177 Å². The average Bonchev–Trinajstić information content (AvgIpc) is 3.16. The van der Waals surface area contributed by atoms with Crippen molar-refractivity contribution in [1.29, 1.82) is 0 Å². The smallest absolute Gasteiger partial charge is 0.246 e. The zero-order valence-electron chi connectivity index (χ0n) is 17.8. The van der Waals surface area contributed by atoms with Gasteiger partial charge in [0.05, 0.1) is 11.9 Å². The third-order valence-electron chi connectivity index (χ3n) is 4.93. The van der Waals surface area contributed by atoms with Crippen LogP contribution in [0.25, 0.3) is 0 Å². The van der Waals surface area contributed by atoms with E-state index < -0.39 is 0 Å². The Morgan fingerprint density at radius 3 is 2.63 bits per heavy atom. The van der Waals surface area contributed by atoms with E-state index in [1.807, 2.05) is 36.3 Å². The van der Waals surface area contributed by atoms with Gasteiger partial charge in [-0.3, -0.25) is 14.3 Å². The van der Waals surface area contributed by atoms with E-state index in [1.165, 1.54) is 10.5 Å². The van der Waals surface area contributed by atoms with Crippen molar-refractivity contribution in [2.45, 2.75) is 6.42 Å². The number of piperazine rings is 1. The molecule has 0 atom stereocenters. The minimum Gasteiger partial charge on any atom is -0.356 e. The lowest BCUT2D eigenvalue weighted by Crippen LogP contribution is -2.55. The lowest BCUT2D eigenvalue weighted by atomic mass is 10.1. The summed E-state index contributed by atoms with van der Waals surface area (Å²) in [6.07, 6.45) is 4.35. The summed E-state index contributed by atoms with van der Waals surface area (Å²) >= 11 is 0. The molecule has 0 radical (unpaired) electrons. The fourth-order valence-corrected chi connectivity index (χ4v) is 3.19. The predicted molar refractivity (Wildman–Crippen MR) is 116 cm³/mol. The second-order valence-corrected chi connectivity index (χ2v) is 7.43. The molecule has 1 aliphatic rings. The maximum absolute atomic E-state index is 12.7. The van der Waals surface area contributed by atoms with Crippen molar-refractivity contribution < 1.29 is 9.59 Å². The maximum atomic E-state index is 12.7. The Hall–Kier alpha value is -3.36. The molecule has 160 valence electrons. The number of amides is 2. The number of aryl methyl sites for hydroxylation is 1. The second-order valence-electron chi connectivity index (χ2n) is 7.43. The Balaban J connectivity index is 1.65. The summed E-state index contributed by atoms with van der Waals surface area (Å²) in [6.45, 7) is 2.05. The Bertz CT molecular complexity index is 892. The molecule has 0 bridgehead atoms. The van der Waals surface area contributed by atoms with Crippen LogP contribution in [0, 0.1) is 0 Å². The van der Waals surface area contributed by atoms with Crippen LogP contribution >= 0.6 is 0 Å². The number of benzene rings is 1. The number of aromatic nitrogens is 2. The molecule has 2 aromatic rings. The molecule has 0 aliphatic carbocycles. The fourth-order valence-electron chi connectivity index (χ4n) is 3.19. The summed E-state index contributed by atoms with van der Waals surface area (Å²) in [6, 6.07) is 10.2. The molecule has 9 heteroatoms. The number of nitrogens with zero attached hydrogens (tertiary/aromatic N) is 6. The first-order valence-electron chi connectivity index (χ1n) is 10.0. The average molecular weight is 412 g/mol. The van der Waals surface area contributed by atoms with E-state index in [0.29, 0.717) is 25.6 Å². The van der Waals surface area contributed by atoms with Gasteiger partial charge in [-0.05, 0) is 12.0 Å². The van der Waals surface area contributed by atoms with Crippen molar-refractivity contribution in [3.8, 4) is 0 Å². The van der Waals surface area contributed by atoms with E-state index in [2.05, 4.69) is 27.5 Å². The van der Waals surface area contributed by atoms with E-state index in [4.69, 9.17) is 0 Å². The van der Waals surface area contributed by atoms with Crippen molar-refractivity contribution >= 4 is 23.5 Å². The molecule has 0 unspecified atom stereocenters. The van der Waals surface area contributed by atoms with Gasteiger partial charge in [0.2, 0.25) is 11.8 Å². The zero-order chi connectivity index (χ0) is 21.5. The van der Waals surface area contributed by atoms with Gasteiger partial charge in [0.15, 0.2) is 5.96 Å². The molecule has 1 aliphatic heterocycles. The first kappa shape index (κ1) is 21.4. The summed E-state index contributed by atoms with van der Waals surface area (Å²) in [5.41, 5.74) is 2.01. The molecule has 1 N–H and O–H groups in total. The summed E-state index contributed by atoms with van der Waals surface area (Å²) in [4.78, 5) is 34.4. The second kappa shape index (κ2) is 9.91. The van der Waals surface area contributed by atoms with Crippen LogP contribution in [0.5, 0.6) is 0 Å². The van der Waals surface area contributed by atoms with Gasteiger partial charge >= 0.3 is 0 Å². The topological polar surface area (TPSA) is 86.1 Å². The van der Waals surface area contributed by atoms with Gasteiger partial charge in [0.1, 0.15) is 13.1 Å².